The third-order valence-corrected chi connectivity index (χ3v) is 6.73. The molecule has 0 amide bonds. The van der Waals surface area contributed by atoms with Gasteiger partial charge in [-0.25, -0.2) is 0 Å². The Labute approximate surface area is 86.5 Å². The standard InChI is InChI=1S/C11H26Si2/c1-10(9-12(3,4)5)11(2)13(6,7)8/h10H,2,9H2,1,3-8H3. The lowest BCUT2D eigenvalue weighted by molar-refractivity contribution is 0.787. The van der Waals surface area contributed by atoms with Crippen molar-refractivity contribution in [2.75, 3.05) is 0 Å². The van der Waals surface area contributed by atoms with Gasteiger partial charge >= 0.3 is 0 Å². The van der Waals surface area contributed by atoms with Crippen LogP contribution in [-0.4, -0.2) is 16.1 Å². The van der Waals surface area contributed by atoms with Crippen molar-refractivity contribution in [3.05, 3.63) is 11.8 Å². The summed E-state index contributed by atoms with van der Waals surface area (Å²) >= 11 is 0. The minimum Gasteiger partial charge on any atom is -0.103 e. The van der Waals surface area contributed by atoms with Crippen LogP contribution in [0.25, 0.3) is 0 Å². The molecule has 0 rings (SSSR count). The summed E-state index contributed by atoms with van der Waals surface area (Å²) in [4.78, 5) is 0. The minimum absolute atomic E-state index is 0.748. The maximum atomic E-state index is 4.29. The van der Waals surface area contributed by atoms with Crippen LogP contribution in [0.2, 0.25) is 45.3 Å². The third-order valence-electron chi connectivity index (χ3n) is 2.48. The molecule has 2 heteroatoms. The summed E-state index contributed by atoms with van der Waals surface area (Å²) in [6.45, 7) is 21.2. The molecule has 78 valence electrons. The number of rotatable bonds is 4. The maximum Gasteiger partial charge on any atom is 0.0720 e. The summed E-state index contributed by atoms with van der Waals surface area (Å²) in [6, 6.07) is 1.40. The largest absolute Gasteiger partial charge is 0.103 e. The van der Waals surface area contributed by atoms with Gasteiger partial charge in [-0.2, -0.15) is 0 Å². The fourth-order valence-electron chi connectivity index (χ4n) is 1.78. The van der Waals surface area contributed by atoms with Gasteiger partial charge in [-0.05, 0) is 5.92 Å². The molecule has 0 aliphatic carbocycles. The molecule has 0 bridgehead atoms. The first-order chi connectivity index (χ1) is 5.54. The van der Waals surface area contributed by atoms with Crippen molar-refractivity contribution in [1.29, 1.82) is 0 Å². The Morgan fingerprint density at radius 1 is 1.08 bits per heavy atom. The highest BCUT2D eigenvalue weighted by Gasteiger charge is 2.26. The average Bonchev–Trinajstić information content (AvgIpc) is 1.79. The second kappa shape index (κ2) is 4.13. The van der Waals surface area contributed by atoms with Crippen LogP contribution >= 0.6 is 0 Å². The topological polar surface area (TPSA) is 0 Å². The lowest BCUT2D eigenvalue weighted by Gasteiger charge is -2.29. The van der Waals surface area contributed by atoms with E-state index in [9.17, 15) is 0 Å². The lowest BCUT2D eigenvalue weighted by atomic mass is 10.2. The highest BCUT2D eigenvalue weighted by Crippen LogP contribution is 2.27. The quantitative estimate of drug-likeness (QED) is 0.609. The van der Waals surface area contributed by atoms with Gasteiger partial charge in [-0.15, -0.1) is 6.58 Å². The molecule has 0 aliphatic heterocycles. The van der Waals surface area contributed by atoms with E-state index in [1.165, 1.54) is 6.04 Å². The van der Waals surface area contributed by atoms with Crippen LogP contribution in [0.4, 0.5) is 0 Å². The second-order valence-corrected chi connectivity index (χ2v) is 17.1. The van der Waals surface area contributed by atoms with Gasteiger partial charge in [0.1, 0.15) is 0 Å². The molecule has 0 heterocycles. The fraction of sp³-hybridized carbons (Fsp3) is 0.818. The molecule has 0 aromatic heterocycles. The first kappa shape index (κ1) is 13.2. The molecule has 0 nitrogen and oxygen atoms in total. The first-order valence-corrected chi connectivity index (χ1v) is 12.4. The third kappa shape index (κ3) is 5.47. The summed E-state index contributed by atoms with van der Waals surface area (Å²) in [7, 11) is -2.00. The van der Waals surface area contributed by atoms with E-state index < -0.39 is 16.1 Å². The summed E-state index contributed by atoms with van der Waals surface area (Å²) in [5.74, 6) is 0.748. The molecule has 0 fully saturated rings. The minimum atomic E-state index is -1.10. The van der Waals surface area contributed by atoms with Crippen LogP contribution in [0.15, 0.2) is 11.8 Å². The molecule has 1 atom stereocenters. The van der Waals surface area contributed by atoms with Crippen molar-refractivity contribution < 1.29 is 0 Å². The molecule has 0 aromatic carbocycles. The Balaban J connectivity index is 4.30. The van der Waals surface area contributed by atoms with E-state index in [0.29, 0.717) is 0 Å². The van der Waals surface area contributed by atoms with Crippen LogP contribution in [0, 0.1) is 5.92 Å². The van der Waals surface area contributed by atoms with Crippen molar-refractivity contribution in [2.24, 2.45) is 5.92 Å². The fourth-order valence-corrected chi connectivity index (χ4v) is 5.65. The normalized spacial score (nSPS) is 15.6. The Morgan fingerprint density at radius 3 is 1.69 bits per heavy atom. The van der Waals surface area contributed by atoms with Crippen LogP contribution in [0.3, 0.4) is 0 Å². The molecule has 0 radical (unpaired) electrons. The Hall–Kier alpha value is 0.174. The number of hydrogen-bond acceptors (Lipinski definition) is 0. The van der Waals surface area contributed by atoms with E-state index in [0.717, 1.165) is 5.92 Å². The van der Waals surface area contributed by atoms with Crippen molar-refractivity contribution in [3.63, 3.8) is 0 Å². The smallest absolute Gasteiger partial charge is 0.0720 e. The second-order valence-electron chi connectivity index (χ2n) is 6.44. The van der Waals surface area contributed by atoms with Gasteiger partial charge in [-0.3, -0.25) is 0 Å². The zero-order chi connectivity index (χ0) is 10.9. The molecular weight excluding hydrogens is 188 g/mol. The van der Waals surface area contributed by atoms with E-state index in [4.69, 9.17) is 0 Å². The zero-order valence-electron chi connectivity index (χ0n) is 10.5. The van der Waals surface area contributed by atoms with E-state index >= 15 is 0 Å². The average molecular weight is 215 g/mol. The first-order valence-electron chi connectivity index (χ1n) is 5.23. The molecule has 0 aromatic rings. The van der Waals surface area contributed by atoms with Crippen molar-refractivity contribution >= 4 is 16.1 Å². The van der Waals surface area contributed by atoms with E-state index in [1.54, 1.807) is 5.20 Å². The van der Waals surface area contributed by atoms with Crippen molar-refractivity contribution in [1.82, 2.24) is 0 Å². The van der Waals surface area contributed by atoms with Gasteiger partial charge in [0.05, 0.1) is 8.07 Å². The summed E-state index contributed by atoms with van der Waals surface area (Å²) in [5.41, 5.74) is 0. The lowest BCUT2D eigenvalue weighted by Crippen LogP contribution is -2.31. The van der Waals surface area contributed by atoms with E-state index in [2.05, 4.69) is 52.8 Å². The predicted octanol–water partition coefficient (Wildman–Crippen LogP) is 4.39. The van der Waals surface area contributed by atoms with Gasteiger partial charge in [-0.1, -0.05) is 57.4 Å². The molecule has 0 saturated carbocycles. The van der Waals surface area contributed by atoms with Gasteiger partial charge in [0, 0.05) is 8.07 Å². The molecule has 0 aliphatic rings. The SMILES string of the molecule is C=C(C(C)C[Si](C)(C)C)[Si](C)(C)C. The summed E-state index contributed by atoms with van der Waals surface area (Å²) in [6.07, 6.45) is 0. The van der Waals surface area contributed by atoms with Crippen LogP contribution < -0.4 is 0 Å². The van der Waals surface area contributed by atoms with Gasteiger partial charge in [0.25, 0.3) is 0 Å². The maximum absolute atomic E-state index is 4.29. The predicted molar refractivity (Wildman–Crippen MR) is 69.8 cm³/mol. The zero-order valence-corrected chi connectivity index (χ0v) is 12.5. The highest BCUT2D eigenvalue weighted by atomic mass is 28.3. The highest BCUT2D eigenvalue weighted by molar-refractivity contribution is 6.83. The van der Waals surface area contributed by atoms with Crippen LogP contribution in [-0.2, 0) is 0 Å². The van der Waals surface area contributed by atoms with Gasteiger partial charge in [0.2, 0.25) is 0 Å². The van der Waals surface area contributed by atoms with E-state index in [1.807, 2.05) is 0 Å². The molecule has 0 N–H and O–H groups in total. The molecule has 13 heavy (non-hydrogen) atoms. The van der Waals surface area contributed by atoms with Crippen molar-refractivity contribution in [3.8, 4) is 0 Å². The molecule has 0 saturated heterocycles. The molecule has 1 unspecified atom stereocenters. The van der Waals surface area contributed by atoms with Crippen molar-refractivity contribution in [2.45, 2.75) is 52.2 Å². The molecular formula is C11H26Si2. The summed E-state index contributed by atoms with van der Waals surface area (Å²) in [5, 5.41) is 1.55. The number of hydrogen-bond donors (Lipinski definition) is 0. The Bertz CT molecular complexity index is 181. The number of allylic oxidation sites excluding steroid dienone is 1. The Morgan fingerprint density at radius 2 is 1.46 bits per heavy atom. The van der Waals surface area contributed by atoms with Gasteiger partial charge in [0.15, 0.2) is 0 Å². The Kier molecular flexibility index (Phi) is 4.19. The summed E-state index contributed by atoms with van der Waals surface area (Å²) < 4.78 is 0. The van der Waals surface area contributed by atoms with E-state index in [-0.39, 0.29) is 0 Å². The van der Waals surface area contributed by atoms with Crippen LogP contribution in [0.1, 0.15) is 6.92 Å². The van der Waals surface area contributed by atoms with Gasteiger partial charge < -0.3 is 0 Å². The monoisotopic (exact) mass is 214 g/mol. The molecule has 0 spiro atoms. The van der Waals surface area contributed by atoms with Crippen LogP contribution in [0.5, 0.6) is 0 Å².